The number of methoxy groups -OCH3 is 1. The first-order chi connectivity index (χ1) is 15.4. The Kier molecular flexibility index (Phi) is 5.88. The van der Waals surface area contributed by atoms with E-state index >= 15 is 0 Å². The minimum absolute atomic E-state index is 0.195. The fourth-order valence-corrected chi connectivity index (χ4v) is 3.73. The van der Waals surface area contributed by atoms with Crippen molar-refractivity contribution in [3.63, 3.8) is 0 Å². The van der Waals surface area contributed by atoms with E-state index in [1.807, 2.05) is 61.5 Å². The summed E-state index contributed by atoms with van der Waals surface area (Å²) in [5, 5.41) is 3.55. The number of hydrogen-bond acceptors (Lipinski definition) is 5. The first-order valence-corrected chi connectivity index (χ1v) is 10.3. The van der Waals surface area contributed by atoms with Crippen LogP contribution in [-0.4, -0.2) is 33.0 Å². The third kappa shape index (κ3) is 3.92. The number of benzene rings is 3. The number of imide groups is 1. The first-order valence-electron chi connectivity index (χ1n) is 9.97. The van der Waals surface area contributed by atoms with Gasteiger partial charge in [-0.25, -0.2) is 4.90 Å². The number of carbonyl (C=O) groups is 2. The van der Waals surface area contributed by atoms with E-state index in [1.54, 1.807) is 30.3 Å². The monoisotopic (exact) mass is 447 g/mol. The van der Waals surface area contributed by atoms with Gasteiger partial charge in [-0.15, -0.1) is 0 Å². The summed E-state index contributed by atoms with van der Waals surface area (Å²) in [7, 11) is 5.39. The predicted octanol–water partition coefficient (Wildman–Crippen LogP) is 4.81. The molecular weight excluding hydrogens is 426 g/mol. The van der Waals surface area contributed by atoms with Gasteiger partial charge in [0.25, 0.3) is 11.8 Å². The lowest BCUT2D eigenvalue weighted by molar-refractivity contribution is -0.120. The van der Waals surface area contributed by atoms with Gasteiger partial charge in [0.05, 0.1) is 18.4 Å². The summed E-state index contributed by atoms with van der Waals surface area (Å²) in [6.07, 6.45) is 0. The number of hydrogen-bond donors (Lipinski definition) is 1. The van der Waals surface area contributed by atoms with Crippen LogP contribution in [0.15, 0.2) is 78.5 Å². The lowest BCUT2D eigenvalue weighted by atomic mass is 10.0. The predicted molar refractivity (Wildman–Crippen MR) is 128 cm³/mol. The molecule has 0 unspecified atom stereocenters. The maximum absolute atomic E-state index is 13.5. The highest BCUT2D eigenvalue weighted by molar-refractivity contribution is 6.46. The van der Waals surface area contributed by atoms with Gasteiger partial charge in [-0.1, -0.05) is 41.9 Å². The van der Waals surface area contributed by atoms with Crippen molar-refractivity contribution in [1.29, 1.82) is 0 Å². The van der Waals surface area contributed by atoms with E-state index in [1.165, 1.54) is 7.11 Å². The van der Waals surface area contributed by atoms with Crippen LogP contribution < -0.4 is 19.9 Å². The molecule has 4 rings (SSSR count). The average molecular weight is 448 g/mol. The number of nitrogens with one attached hydrogen (secondary N) is 1. The summed E-state index contributed by atoms with van der Waals surface area (Å²) in [6, 6.07) is 21.5. The lowest BCUT2D eigenvalue weighted by Crippen LogP contribution is -2.32. The van der Waals surface area contributed by atoms with Crippen LogP contribution in [0.2, 0.25) is 5.02 Å². The van der Waals surface area contributed by atoms with Gasteiger partial charge in [0.1, 0.15) is 11.4 Å². The highest BCUT2D eigenvalue weighted by Gasteiger charge is 2.41. The molecule has 1 aliphatic rings. The van der Waals surface area contributed by atoms with Crippen LogP contribution in [0.1, 0.15) is 5.56 Å². The number of carbonyl (C=O) groups excluding carboxylic acids is 2. The van der Waals surface area contributed by atoms with Crippen molar-refractivity contribution < 1.29 is 14.3 Å². The molecule has 0 fully saturated rings. The van der Waals surface area contributed by atoms with Gasteiger partial charge >= 0.3 is 0 Å². The number of amides is 2. The van der Waals surface area contributed by atoms with E-state index in [2.05, 4.69) is 5.32 Å². The average Bonchev–Trinajstić information content (AvgIpc) is 3.03. The maximum Gasteiger partial charge on any atom is 0.282 e. The zero-order valence-corrected chi connectivity index (χ0v) is 18.7. The molecule has 1 heterocycles. The zero-order valence-electron chi connectivity index (χ0n) is 17.9. The molecule has 1 N–H and O–H groups in total. The molecule has 0 atom stereocenters. The van der Waals surface area contributed by atoms with Crippen molar-refractivity contribution >= 4 is 46.1 Å². The minimum Gasteiger partial charge on any atom is -0.495 e. The third-order valence-electron chi connectivity index (χ3n) is 5.18. The largest absolute Gasteiger partial charge is 0.495 e. The Balaban J connectivity index is 1.80. The lowest BCUT2D eigenvalue weighted by Gasteiger charge is -2.19. The van der Waals surface area contributed by atoms with E-state index in [0.29, 0.717) is 27.7 Å². The van der Waals surface area contributed by atoms with Crippen molar-refractivity contribution in [1.82, 2.24) is 0 Å². The van der Waals surface area contributed by atoms with Crippen LogP contribution in [0.3, 0.4) is 0 Å². The van der Waals surface area contributed by atoms with Crippen molar-refractivity contribution in [3.05, 3.63) is 89.1 Å². The van der Waals surface area contributed by atoms with Gasteiger partial charge in [0.15, 0.2) is 0 Å². The molecule has 3 aromatic rings. The number of nitrogens with zero attached hydrogens (tertiary/aromatic N) is 2. The van der Waals surface area contributed by atoms with Crippen LogP contribution in [0, 0.1) is 0 Å². The SMILES string of the molecule is COc1ccc(Cl)cc1N1C(=O)C(Nc2ccc(N(C)C)cc2)=C(c2ccccc2)C1=O. The van der Waals surface area contributed by atoms with Gasteiger partial charge in [-0.2, -0.15) is 0 Å². The summed E-state index contributed by atoms with van der Waals surface area (Å²) in [5.41, 5.74) is 3.13. The number of rotatable bonds is 6. The summed E-state index contributed by atoms with van der Waals surface area (Å²) in [4.78, 5) is 30.2. The normalized spacial score (nSPS) is 13.6. The van der Waals surface area contributed by atoms with Crippen LogP contribution in [0.4, 0.5) is 17.1 Å². The van der Waals surface area contributed by atoms with Gasteiger partial charge in [0.2, 0.25) is 0 Å². The molecule has 0 spiro atoms. The summed E-state index contributed by atoms with van der Waals surface area (Å²) >= 11 is 6.17. The molecule has 0 aliphatic carbocycles. The number of halogens is 1. The van der Waals surface area contributed by atoms with E-state index in [9.17, 15) is 9.59 Å². The van der Waals surface area contributed by atoms with Gasteiger partial charge in [-0.3, -0.25) is 9.59 Å². The van der Waals surface area contributed by atoms with Crippen molar-refractivity contribution in [2.45, 2.75) is 0 Å². The number of anilines is 3. The van der Waals surface area contributed by atoms with Gasteiger partial charge in [-0.05, 0) is 48.0 Å². The Morgan fingerprint density at radius 3 is 2.22 bits per heavy atom. The second-order valence-corrected chi connectivity index (χ2v) is 7.88. The maximum atomic E-state index is 13.5. The topological polar surface area (TPSA) is 61.9 Å². The van der Waals surface area contributed by atoms with E-state index in [4.69, 9.17) is 16.3 Å². The molecule has 162 valence electrons. The Morgan fingerprint density at radius 1 is 0.906 bits per heavy atom. The smallest absolute Gasteiger partial charge is 0.282 e. The van der Waals surface area contributed by atoms with Crippen LogP contribution in [0.5, 0.6) is 5.75 Å². The Morgan fingerprint density at radius 2 is 1.59 bits per heavy atom. The van der Waals surface area contributed by atoms with Crippen molar-refractivity contribution in [2.75, 3.05) is 36.3 Å². The fourth-order valence-electron chi connectivity index (χ4n) is 3.56. The van der Waals surface area contributed by atoms with Crippen molar-refractivity contribution in [2.24, 2.45) is 0 Å². The Bertz CT molecular complexity index is 1200. The molecule has 7 heteroatoms. The van der Waals surface area contributed by atoms with Crippen LogP contribution in [-0.2, 0) is 9.59 Å². The fraction of sp³-hybridized carbons (Fsp3) is 0.120. The minimum atomic E-state index is -0.480. The molecule has 3 aromatic carbocycles. The van der Waals surface area contributed by atoms with Crippen LogP contribution >= 0.6 is 11.6 Å². The van der Waals surface area contributed by atoms with Crippen LogP contribution in [0.25, 0.3) is 5.57 Å². The van der Waals surface area contributed by atoms with Crippen molar-refractivity contribution in [3.8, 4) is 5.75 Å². The Hall–Kier alpha value is -3.77. The van der Waals surface area contributed by atoms with Gasteiger partial charge < -0.3 is 15.0 Å². The summed E-state index contributed by atoms with van der Waals surface area (Å²) in [6.45, 7) is 0. The molecule has 1 aliphatic heterocycles. The van der Waals surface area contributed by atoms with E-state index in [-0.39, 0.29) is 11.3 Å². The molecule has 0 saturated heterocycles. The molecule has 0 radical (unpaired) electrons. The molecule has 2 amide bonds. The second-order valence-electron chi connectivity index (χ2n) is 7.44. The van der Waals surface area contributed by atoms with E-state index in [0.717, 1.165) is 10.6 Å². The number of ether oxygens (including phenoxy) is 1. The second kappa shape index (κ2) is 8.77. The molecule has 0 aromatic heterocycles. The Labute approximate surface area is 191 Å². The molecule has 32 heavy (non-hydrogen) atoms. The third-order valence-corrected chi connectivity index (χ3v) is 5.42. The summed E-state index contributed by atoms with van der Waals surface area (Å²) < 4.78 is 5.39. The molecule has 0 saturated carbocycles. The van der Waals surface area contributed by atoms with Gasteiger partial charge in [0, 0.05) is 30.5 Å². The summed E-state index contributed by atoms with van der Waals surface area (Å²) in [5.74, 6) is -0.555. The molecule has 0 bridgehead atoms. The molecule has 6 nitrogen and oxygen atoms in total. The standard InChI is InChI=1S/C25H22ClN3O3/c1-28(2)19-12-10-18(11-13-19)27-23-22(16-7-5-4-6-8-16)24(30)29(25(23)31)20-15-17(26)9-14-21(20)32-3/h4-15,27H,1-3H3. The van der Waals surface area contributed by atoms with E-state index < -0.39 is 11.8 Å². The highest BCUT2D eigenvalue weighted by Crippen LogP contribution is 2.39. The zero-order chi connectivity index (χ0) is 22.8. The molecular formula is C25H22ClN3O3. The highest BCUT2D eigenvalue weighted by atomic mass is 35.5. The quantitative estimate of drug-likeness (QED) is 0.549. The first kappa shape index (κ1) is 21.5.